The number of nitrogens with zero attached hydrogens (tertiary/aromatic N) is 2. The van der Waals surface area contributed by atoms with Crippen molar-refractivity contribution in [3.8, 4) is 0 Å². The van der Waals surface area contributed by atoms with Crippen molar-refractivity contribution in [2.24, 2.45) is 0 Å². The molecular weight excluding hydrogens is 280 g/mol. The van der Waals surface area contributed by atoms with E-state index in [0.29, 0.717) is 17.6 Å². The van der Waals surface area contributed by atoms with E-state index in [1.54, 1.807) is 0 Å². The minimum absolute atomic E-state index is 0.540. The highest BCUT2D eigenvalue weighted by molar-refractivity contribution is 7.80. The molecular formula is C16H22N4S. The Morgan fingerprint density at radius 2 is 1.95 bits per heavy atom. The number of hydrogen-bond donors (Lipinski definition) is 2. The lowest BCUT2D eigenvalue weighted by Gasteiger charge is -2.12. The molecule has 1 heterocycles. The molecule has 0 aliphatic carbocycles. The van der Waals surface area contributed by atoms with Crippen LogP contribution >= 0.6 is 12.2 Å². The van der Waals surface area contributed by atoms with Crippen LogP contribution in [0, 0.1) is 0 Å². The summed E-state index contributed by atoms with van der Waals surface area (Å²) in [7, 11) is 0. The largest absolute Gasteiger partial charge is 0.357 e. The van der Waals surface area contributed by atoms with Gasteiger partial charge in [-0.15, -0.1) is 0 Å². The molecule has 2 N–H and O–H groups in total. The van der Waals surface area contributed by atoms with Gasteiger partial charge in [0.05, 0.1) is 12.2 Å². The lowest BCUT2D eigenvalue weighted by molar-refractivity contribution is 0.614. The van der Waals surface area contributed by atoms with Crippen molar-refractivity contribution in [1.82, 2.24) is 15.1 Å². The molecule has 0 saturated heterocycles. The maximum Gasteiger partial charge on any atom is 0.171 e. The average Bonchev–Trinajstić information content (AvgIpc) is 2.93. The highest BCUT2D eigenvalue weighted by atomic mass is 32.1. The highest BCUT2D eigenvalue weighted by Crippen LogP contribution is 2.17. The monoisotopic (exact) mass is 302 g/mol. The van der Waals surface area contributed by atoms with Gasteiger partial charge in [-0.1, -0.05) is 26.0 Å². The highest BCUT2D eigenvalue weighted by Gasteiger charge is 2.03. The molecule has 2 rings (SSSR count). The van der Waals surface area contributed by atoms with Gasteiger partial charge in [-0.25, -0.2) is 0 Å². The molecule has 0 amide bonds. The van der Waals surface area contributed by atoms with Crippen LogP contribution in [0.5, 0.6) is 0 Å². The zero-order valence-corrected chi connectivity index (χ0v) is 13.6. The van der Waals surface area contributed by atoms with Crippen LogP contribution < -0.4 is 10.6 Å². The fraction of sp³-hybridized carbons (Fsp3) is 0.375. The van der Waals surface area contributed by atoms with E-state index in [4.69, 9.17) is 12.2 Å². The van der Waals surface area contributed by atoms with E-state index < -0.39 is 0 Å². The molecule has 0 atom stereocenters. The Hall–Kier alpha value is -1.88. The van der Waals surface area contributed by atoms with E-state index >= 15 is 0 Å². The summed E-state index contributed by atoms with van der Waals surface area (Å²) >= 11 is 5.32. The average molecular weight is 302 g/mol. The summed E-state index contributed by atoms with van der Waals surface area (Å²) in [5.74, 6) is 0.540. The van der Waals surface area contributed by atoms with Gasteiger partial charge in [0, 0.05) is 18.4 Å². The fourth-order valence-corrected chi connectivity index (χ4v) is 2.28. The van der Waals surface area contributed by atoms with Crippen LogP contribution in [0.4, 0.5) is 5.69 Å². The summed E-state index contributed by atoms with van der Waals surface area (Å²) < 4.78 is 1.95. The molecule has 112 valence electrons. The number of aromatic nitrogens is 2. The van der Waals surface area contributed by atoms with Crippen molar-refractivity contribution in [2.45, 2.75) is 39.8 Å². The Morgan fingerprint density at radius 3 is 2.57 bits per heavy atom. The van der Waals surface area contributed by atoms with E-state index in [9.17, 15) is 0 Å². The van der Waals surface area contributed by atoms with Gasteiger partial charge in [0.2, 0.25) is 0 Å². The van der Waals surface area contributed by atoms with Crippen LogP contribution in [0.25, 0.3) is 0 Å². The number of benzene rings is 1. The number of rotatable bonds is 5. The summed E-state index contributed by atoms with van der Waals surface area (Å²) in [6.07, 6.45) is 1.81. The third-order valence-electron chi connectivity index (χ3n) is 3.37. The van der Waals surface area contributed by atoms with Crippen LogP contribution in [0.3, 0.4) is 0 Å². The van der Waals surface area contributed by atoms with Crippen molar-refractivity contribution < 1.29 is 0 Å². The fourth-order valence-electron chi connectivity index (χ4n) is 2.09. The number of hydrogen-bond acceptors (Lipinski definition) is 2. The minimum atomic E-state index is 0.540. The van der Waals surface area contributed by atoms with Gasteiger partial charge >= 0.3 is 0 Å². The Labute approximate surface area is 131 Å². The Balaban J connectivity index is 1.87. The number of thiocarbonyl (C=S) groups is 1. The lowest BCUT2D eigenvalue weighted by Crippen LogP contribution is -2.28. The summed E-state index contributed by atoms with van der Waals surface area (Å²) in [5.41, 5.74) is 3.45. The van der Waals surface area contributed by atoms with Gasteiger partial charge in [0.25, 0.3) is 0 Å². The number of nitrogens with one attached hydrogen (secondary N) is 2. The van der Waals surface area contributed by atoms with Gasteiger partial charge in [-0.05, 0) is 48.8 Å². The van der Waals surface area contributed by atoms with Crippen LogP contribution in [-0.2, 0) is 13.1 Å². The minimum Gasteiger partial charge on any atom is -0.357 e. The molecule has 0 radical (unpaired) electrons. The first-order chi connectivity index (χ1) is 10.1. The van der Waals surface area contributed by atoms with Crippen molar-refractivity contribution >= 4 is 23.0 Å². The predicted octanol–water partition coefficient (Wildman–Crippen LogP) is 3.51. The van der Waals surface area contributed by atoms with Crippen LogP contribution in [0.1, 0.15) is 37.9 Å². The second-order valence-electron chi connectivity index (χ2n) is 5.22. The topological polar surface area (TPSA) is 41.9 Å². The predicted molar refractivity (Wildman–Crippen MR) is 91.5 cm³/mol. The summed E-state index contributed by atoms with van der Waals surface area (Å²) in [6, 6.07) is 10.4. The van der Waals surface area contributed by atoms with E-state index in [0.717, 1.165) is 17.9 Å². The van der Waals surface area contributed by atoms with Crippen molar-refractivity contribution in [1.29, 1.82) is 0 Å². The molecule has 4 nitrogen and oxygen atoms in total. The smallest absolute Gasteiger partial charge is 0.171 e. The molecule has 0 fully saturated rings. The van der Waals surface area contributed by atoms with Crippen LogP contribution in [0.2, 0.25) is 0 Å². The molecule has 5 heteroatoms. The molecule has 0 aliphatic rings. The molecule has 0 saturated carbocycles. The van der Waals surface area contributed by atoms with Crippen molar-refractivity contribution in [3.63, 3.8) is 0 Å². The SMILES string of the molecule is CCn1nccc1CNC(=S)Nc1ccc(C(C)C)cc1. The second kappa shape index (κ2) is 7.22. The molecule has 0 bridgehead atoms. The first-order valence-electron chi connectivity index (χ1n) is 7.25. The van der Waals surface area contributed by atoms with Gasteiger partial charge < -0.3 is 10.6 Å². The molecule has 0 unspecified atom stereocenters. The molecule has 21 heavy (non-hydrogen) atoms. The van der Waals surface area contributed by atoms with Gasteiger partial charge in [-0.2, -0.15) is 5.10 Å². The number of anilines is 1. The molecule has 1 aromatic heterocycles. The van der Waals surface area contributed by atoms with E-state index in [-0.39, 0.29) is 0 Å². The third-order valence-corrected chi connectivity index (χ3v) is 3.62. The van der Waals surface area contributed by atoms with E-state index in [1.165, 1.54) is 5.56 Å². The van der Waals surface area contributed by atoms with E-state index in [1.807, 2.05) is 16.9 Å². The molecule has 2 aromatic rings. The first-order valence-corrected chi connectivity index (χ1v) is 7.66. The zero-order chi connectivity index (χ0) is 15.2. The molecule has 0 spiro atoms. The van der Waals surface area contributed by atoms with Gasteiger partial charge in [0.1, 0.15) is 0 Å². The molecule has 0 aliphatic heterocycles. The molecule has 1 aromatic carbocycles. The third kappa shape index (κ3) is 4.29. The van der Waals surface area contributed by atoms with Crippen LogP contribution in [0.15, 0.2) is 36.5 Å². The Bertz CT molecular complexity index is 587. The summed E-state index contributed by atoms with van der Waals surface area (Å²) in [4.78, 5) is 0. The Morgan fingerprint density at radius 1 is 1.24 bits per heavy atom. The lowest BCUT2D eigenvalue weighted by atomic mass is 10.0. The number of aryl methyl sites for hydroxylation is 1. The van der Waals surface area contributed by atoms with Crippen LogP contribution in [-0.4, -0.2) is 14.9 Å². The standard InChI is InChI=1S/C16H22N4S/c1-4-20-15(9-10-18-20)11-17-16(21)19-14-7-5-13(6-8-14)12(2)3/h5-10,12H,4,11H2,1-3H3,(H2,17,19,21). The maximum atomic E-state index is 5.32. The normalized spacial score (nSPS) is 10.7. The second-order valence-corrected chi connectivity index (χ2v) is 5.63. The van der Waals surface area contributed by atoms with Crippen molar-refractivity contribution in [2.75, 3.05) is 5.32 Å². The first kappa shape index (κ1) is 15.5. The quantitative estimate of drug-likeness (QED) is 0.829. The Kier molecular flexibility index (Phi) is 5.33. The van der Waals surface area contributed by atoms with Gasteiger partial charge in [0.15, 0.2) is 5.11 Å². The van der Waals surface area contributed by atoms with Crippen molar-refractivity contribution in [3.05, 3.63) is 47.8 Å². The summed E-state index contributed by atoms with van der Waals surface area (Å²) in [5, 5.41) is 11.3. The maximum absolute atomic E-state index is 5.32. The zero-order valence-electron chi connectivity index (χ0n) is 12.8. The van der Waals surface area contributed by atoms with E-state index in [2.05, 4.69) is 60.8 Å². The van der Waals surface area contributed by atoms with Gasteiger partial charge in [-0.3, -0.25) is 4.68 Å². The summed E-state index contributed by atoms with van der Waals surface area (Å²) in [6.45, 7) is 7.98.